The Balaban J connectivity index is 1.47. The molecule has 0 spiro atoms. The Hall–Kier alpha value is -2.74. The first-order valence-electron chi connectivity index (χ1n) is 8.35. The predicted octanol–water partition coefficient (Wildman–Crippen LogP) is 0.570. The second-order valence-corrected chi connectivity index (χ2v) is 6.46. The summed E-state index contributed by atoms with van der Waals surface area (Å²) in [6.45, 7) is 5.46. The van der Waals surface area contributed by atoms with Crippen molar-refractivity contribution in [3.8, 4) is 0 Å². The number of carbonyl (C=O) groups excluding carboxylic acids is 1. The summed E-state index contributed by atoms with van der Waals surface area (Å²) in [5.74, 6) is 2.50. The molecule has 2 N–H and O–H groups in total. The van der Waals surface area contributed by atoms with Crippen LogP contribution < -0.4 is 10.6 Å². The van der Waals surface area contributed by atoms with Gasteiger partial charge in [0.2, 0.25) is 5.91 Å². The molecule has 3 aromatic rings. The molecule has 4 rings (SSSR count). The molecule has 1 amide bonds. The molecule has 1 aliphatic heterocycles. The fourth-order valence-corrected chi connectivity index (χ4v) is 3.39. The second-order valence-electron chi connectivity index (χ2n) is 6.46. The van der Waals surface area contributed by atoms with E-state index in [0.29, 0.717) is 19.6 Å². The van der Waals surface area contributed by atoms with Gasteiger partial charge in [0.25, 0.3) is 0 Å². The maximum absolute atomic E-state index is 12.5. The Labute approximate surface area is 145 Å². The van der Waals surface area contributed by atoms with Crippen LogP contribution in [-0.4, -0.2) is 36.3 Å². The van der Waals surface area contributed by atoms with Gasteiger partial charge >= 0.3 is 0 Å². The van der Waals surface area contributed by atoms with E-state index in [4.69, 9.17) is 0 Å². The third-order valence-electron chi connectivity index (χ3n) is 4.81. The van der Waals surface area contributed by atoms with Crippen LogP contribution in [0.25, 0.3) is 11.0 Å². The molecule has 0 radical (unpaired) electrons. The number of amides is 1. The summed E-state index contributed by atoms with van der Waals surface area (Å²) in [5.41, 5.74) is 3.23. The minimum Gasteiger partial charge on any atom is -0.347 e. The minimum absolute atomic E-state index is 0.0393. The molecule has 2 aromatic heterocycles. The predicted molar refractivity (Wildman–Crippen MR) is 92.7 cm³/mol. The molecule has 3 heterocycles. The molecule has 1 atom stereocenters. The molecule has 25 heavy (non-hydrogen) atoms. The fourth-order valence-electron chi connectivity index (χ4n) is 3.39. The zero-order chi connectivity index (χ0) is 17.6. The van der Waals surface area contributed by atoms with Crippen LogP contribution in [0, 0.1) is 13.8 Å². The van der Waals surface area contributed by atoms with Crippen LogP contribution in [0.1, 0.15) is 23.0 Å². The quantitative estimate of drug-likeness (QED) is 0.728. The molecule has 1 aromatic carbocycles. The number of hydrogen-bond donors (Lipinski definition) is 2. The summed E-state index contributed by atoms with van der Waals surface area (Å²) in [6.07, 6.45) is 0. The van der Waals surface area contributed by atoms with Gasteiger partial charge in [-0.1, -0.05) is 12.1 Å². The van der Waals surface area contributed by atoms with Gasteiger partial charge < -0.3 is 14.5 Å². The van der Waals surface area contributed by atoms with Crippen molar-refractivity contribution in [3.05, 3.63) is 41.2 Å². The van der Waals surface area contributed by atoms with Gasteiger partial charge in [-0.25, -0.2) is 4.98 Å². The molecule has 0 fully saturated rings. The molecule has 8 nitrogen and oxygen atoms in total. The maximum atomic E-state index is 12.5. The Bertz CT molecular complexity index is 955. The van der Waals surface area contributed by atoms with E-state index in [9.17, 15) is 4.79 Å². The first-order valence-corrected chi connectivity index (χ1v) is 8.35. The molecular weight excluding hydrogens is 318 g/mol. The van der Waals surface area contributed by atoms with Gasteiger partial charge in [0.1, 0.15) is 23.5 Å². The molecule has 0 saturated heterocycles. The van der Waals surface area contributed by atoms with Gasteiger partial charge in [-0.2, -0.15) is 0 Å². The van der Waals surface area contributed by atoms with Gasteiger partial charge in [-0.05, 0) is 25.5 Å². The van der Waals surface area contributed by atoms with Gasteiger partial charge in [-0.3, -0.25) is 10.1 Å². The lowest BCUT2D eigenvalue weighted by atomic mass is 10.2. The van der Waals surface area contributed by atoms with Crippen LogP contribution >= 0.6 is 0 Å². The summed E-state index contributed by atoms with van der Waals surface area (Å²) in [6, 6.07) is 5.76. The summed E-state index contributed by atoms with van der Waals surface area (Å²) < 4.78 is 4.03. The van der Waals surface area contributed by atoms with Gasteiger partial charge in [-0.15, -0.1) is 10.2 Å². The average molecular weight is 339 g/mol. The van der Waals surface area contributed by atoms with Crippen molar-refractivity contribution in [2.75, 3.05) is 0 Å². The number of aromatic nitrogens is 5. The van der Waals surface area contributed by atoms with Crippen LogP contribution in [0.4, 0.5) is 0 Å². The largest absolute Gasteiger partial charge is 0.347 e. The summed E-state index contributed by atoms with van der Waals surface area (Å²) in [7, 11) is 1.98. The summed E-state index contributed by atoms with van der Waals surface area (Å²) in [5, 5.41) is 14.4. The number of nitrogens with one attached hydrogen (secondary N) is 2. The molecule has 130 valence electrons. The molecule has 0 saturated carbocycles. The van der Waals surface area contributed by atoms with E-state index < -0.39 is 0 Å². The SMILES string of the molecule is Cc1cccc2nc(CNC(=O)C3Cn4c(C)nnc4CN3)n(C)c12. The Morgan fingerprint density at radius 3 is 3.00 bits per heavy atom. The van der Waals surface area contributed by atoms with E-state index in [1.165, 1.54) is 5.56 Å². The molecule has 8 heteroatoms. The number of benzene rings is 1. The number of hydrogen-bond acceptors (Lipinski definition) is 5. The lowest BCUT2D eigenvalue weighted by Crippen LogP contribution is -2.49. The van der Waals surface area contributed by atoms with Crippen molar-refractivity contribution < 1.29 is 4.79 Å². The van der Waals surface area contributed by atoms with Crippen molar-refractivity contribution in [2.45, 2.75) is 39.5 Å². The first-order chi connectivity index (χ1) is 12.0. The maximum Gasteiger partial charge on any atom is 0.239 e. The van der Waals surface area contributed by atoms with Crippen LogP contribution in [0.2, 0.25) is 0 Å². The number of carbonyl (C=O) groups is 1. The molecule has 0 aliphatic carbocycles. The van der Waals surface area contributed by atoms with Crippen molar-refractivity contribution in [2.24, 2.45) is 7.05 Å². The van der Waals surface area contributed by atoms with Crippen LogP contribution in [-0.2, 0) is 31.5 Å². The highest BCUT2D eigenvalue weighted by Gasteiger charge is 2.26. The first kappa shape index (κ1) is 15.8. The fraction of sp³-hybridized carbons (Fsp3) is 0.412. The molecule has 1 aliphatic rings. The van der Waals surface area contributed by atoms with Crippen molar-refractivity contribution >= 4 is 16.9 Å². The van der Waals surface area contributed by atoms with E-state index in [2.05, 4.69) is 38.8 Å². The standard InChI is InChI=1S/C17H21N7O/c1-10-5-4-6-12-16(10)23(3)14(20-12)7-19-17(25)13-9-24-11(2)21-22-15(24)8-18-13/h4-6,13,18H,7-9H2,1-3H3,(H,19,25). The Morgan fingerprint density at radius 1 is 1.36 bits per heavy atom. The van der Waals surface area contributed by atoms with E-state index in [0.717, 1.165) is 28.5 Å². The number of rotatable bonds is 3. The summed E-state index contributed by atoms with van der Waals surface area (Å²) in [4.78, 5) is 17.2. The zero-order valence-corrected chi connectivity index (χ0v) is 14.6. The number of para-hydroxylation sites is 1. The van der Waals surface area contributed by atoms with E-state index in [1.54, 1.807) is 0 Å². The van der Waals surface area contributed by atoms with Crippen molar-refractivity contribution in [3.63, 3.8) is 0 Å². The van der Waals surface area contributed by atoms with Gasteiger partial charge in [0.15, 0.2) is 0 Å². The highest BCUT2D eigenvalue weighted by molar-refractivity contribution is 5.82. The normalized spacial score (nSPS) is 16.8. The lowest BCUT2D eigenvalue weighted by molar-refractivity contribution is -0.124. The highest BCUT2D eigenvalue weighted by atomic mass is 16.2. The van der Waals surface area contributed by atoms with Gasteiger partial charge in [0, 0.05) is 13.6 Å². The average Bonchev–Trinajstić information content (AvgIpc) is 3.14. The third kappa shape index (κ3) is 2.68. The minimum atomic E-state index is -0.293. The van der Waals surface area contributed by atoms with Crippen molar-refractivity contribution in [1.29, 1.82) is 0 Å². The number of aryl methyl sites for hydroxylation is 3. The molecular formula is C17H21N7O. The van der Waals surface area contributed by atoms with Crippen LogP contribution in [0.15, 0.2) is 18.2 Å². The van der Waals surface area contributed by atoms with Gasteiger partial charge in [0.05, 0.1) is 24.1 Å². The third-order valence-corrected chi connectivity index (χ3v) is 4.81. The number of fused-ring (bicyclic) bond motifs is 2. The Morgan fingerprint density at radius 2 is 2.20 bits per heavy atom. The zero-order valence-electron chi connectivity index (χ0n) is 14.6. The van der Waals surface area contributed by atoms with E-state index in [1.807, 2.05) is 35.2 Å². The number of imidazole rings is 1. The van der Waals surface area contributed by atoms with Crippen molar-refractivity contribution in [1.82, 2.24) is 34.9 Å². The monoisotopic (exact) mass is 339 g/mol. The summed E-state index contributed by atoms with van der Waals surface area (Å²) >= 11 is 0. The Kier molecular flexibility index (Phi) is 3.76. The number of nitrogens with zero attached hydrogens (tertiary/aromatic N) is 5. The second kappa shape index (κ2) is 5.96. The van der Waals surface area contributed by atoms with Crippen LogP contribution in [0.3, 0.4) is 0 Å². The van der Waals surface area contributed by atoms with Crippen LogP contribution in [0.5, 0.6) is 0 Å². The smallest absolute Gasteiger partial charge is 0.239 e. The topological polar surface area (TPSA) is 89.7 Å². The van der Waals surface area contributed by atoms with E-state index in [-0.39, 0.29) is 11.9 Å². The van der Waals surface area contributed by atoms with E-state index >= 15 is 0 Å². The molecule has 0 bridgehead atoms. The lowest BCUT2D eigenvalue weighted by Gasteiger charge is -2.24. The molecule has 1 unspecified atom stereocenters. The highest BCUT2D eigenvalue weighted by Crippen LogP contribution is 2.18.